The van der Waals surface area contributed by atoms with Gasteiger partial charge in [-0.3, -0.25) is 9.10 Å². The van der Waals surface area contributed by atoms with Crippen LogP contribution in [0.4, 0.5) is 10.1 Å². The largest absolute Gasteiger partial charge is 0.492 e. The van der Waals surface area contributed by atoms with Crippen LogP contribution in [-0.4, -0.2) is 40.3 Å². The number of nitrogens with zero attached hydrogens (tertiary/aromatic N) is 1. The predicted molar refractivity (Wildman–Crippen MR) is 117 cm³/mol. The zero-order chi connectivity index (χ0) is 22.1. The third-order valence-electron chi connectivity index (χ3n) is 4.52. The summed E-state index contributed by atoms with van der Waals surface area (Å²) in [6, 6.07) is 13.1. The molecular formula is C22H29FN2O4S. The van der Waals surface area contributed by atoms with Gasteiger partial charge in [-0.05, 0) is 54.3 Å². The van der Waals surface area contributed by atoms with Crippen molar-refractivity contribution in [3.63, 3.8) is 0 Å². The average molecular weight is 437 g/mol. The summed E-state index contributed by atoms with van der Waals surface area (Å²) in [5.74, 6) is 0.371. The minimum absolute atomic E-state index is 0.179. The second-order valence-electron chi connectivity index (χ2n) is 7.34. The van der Waals surface area contributed by atoms with E-state index in [0.29, 0.717) is 30.3 Å². The molecule has 2 aromatic rings. The van der Waals surface area contributed by atoms with Crippen molar-refractivity contribution in [3.05, 3.63) is 59.9 Å². The van der Waals surface area contributed by atoms with Gasteiger partial charge >= 0.3 is 0 Å². The van der Waals surface area contributed by atoms with Crippen molar-refractivity contribution in [2.75, 3.05) is 30.3 Å². The smallest absolute Gasteiger partial charge is 0.232 e. The highest BCUT2D eigenvalue weighted by Crippen LogP contribution is 2.22. The van der Waals surface area contributed by atoms with Gasteiger partial charge in [0.05, 0.1) is 18.5 Å². The quantitative estimate of drug-likeness (QED) is 0.545. The van der Waals surface area contributed by atoms with Crippen LogP contribution in [0.5, 0.6) is 5.75 Å². The van der Waals surface area contributed by atoms with Gasteiger partial charge in [0.2, 0.25) is 15.9 Å². The summed E-state index contributed by atoms with van der Waals surface area (Å²) in [5.41, 5.74) is 1.73. The zero-order valence-electron chi connectivity index (χ0n) is 17.6. The van der Waals surface area contributed by atoms with Crippen LogP contribution in [0.15, 0.2) is 48.5 Å². The van der Waals surface area contributed by atoms with E-state index >= 15 is 0 Å². The van der Waals surface area contributed by atoms with E-state index in [1.54, 1.807) is 12.1 Å². The molecule has 1 N–H and O–H groups in total. The number of sulfonamides is 1. The molecule has 30 heavy (non-hydrogen) atoms. The van der Waals surface area contributed by atoms with E-state index in [1.807, 2.05) is 12.1 Å². The molecule has 0 radical (unpaired) electrons. The van der Waals surface area contributed by atoms with Crippen molar-refractivity contribution in [1.29, 1.82) is 0 Å². The lowest BCUT2D eigenvalue weighted by atomic mass is 10.0. The molecule has 0 aliphatic carbocycles. The monoisotopic (exact) mass is 436 g/mol. The van der Waals surface area contributed by atoms with E-state index in [2.05, 4.69) is 19.2 Å². The molecule has 1 amide bonds. The van der Waals surface area contributed by atoms with Gasteiger partial charge in [0.1, 0.15) is 18.2 Å². The normalized spacial score (nSPS) is 11.4. The standard InChI is InChI=1S/C22H29FN2O4S/c1-17(2)18-6-10-20(11-7-18)25(30(3,27)28)15-4-5-22(26)24-14-16-29-21-12-8-19(23)9-13-21/h6-13,17H,4-5,14-16H2,1-3H3,(H,24,26). The number of hydrogen-bond acceptors (Lipinski definition) is 4. The van der Waals surface area contributed by atoms with E-state index < -0.39 is 10.0 Å². The topological polar surface area (TPSA) is 75.7 Å². The molecule has 0 aliphatic heterocycles. The maximum absolute atomic E-state index is 12.8. The lowest BCUT2D eigenvalue weighted by molar-refractivity contribution is -0.121. The fraction of sp³-hybridized carbons (Fsp3) is 0.409. The molecule has 0 heterocycles. The molecule has 0 atom stereocenters. The van der Waals surface area contributed by atoms with E-state index in [-0.39, 0.29) is 31.3 Å². The number of hydrogen-bond donors (Lipinski definition) is 1. The van der Waals surface area contributed by atoms with Crippen LogP contribution in [0.25, 0.3) is 0 Å². The van der Waals surface area contributed by atoms with Crippen LogP contribution in [0.2, 0.25) is 0 Å². The lowest BCUT2D eigenvalue weighted by Crippen LogP contribution is -2.32. The van der Waals surface area contributed by atoms with Crippen LogP contribution < -0.4 is 14.4 Å². The number of ether oxygens (including phenoxy) is 1. The number of benzene rings is 2. The average Bonchev–Trinajstić information content (AvgIpc) is 2.69. The molecule has 2 aromatic carbocycles. The van der Waals surface area contributed by atoms with Crippen LogP contribution in [0.3, 0.4) is 0 Å². The maximum atomic E-state index is 12.8. The second kappa shape index (κ2) is 11.0. The maximum Gasteiger partial charge on any atom is 0.232 e. The molecule has 0 fully saturated rings. The fourth-order valence-corrected chi connectivity index (χ4v) is 3.84. The molecule has 6 nitrogen and oxygen atoms in total. The van der Waals surface area contributed by atoms with Crippen molar-refractivity contribution in [3.8, 4) is 5.75 Å². The molecule has 164 valence electrons. The Morgan fingerprint density at radius 2 is 1.73 bits per heavy atom. The summed E-state index contributed by atoms with van der Waals surface area (Å²) in [7, 11) is -3.45. The summed E-state index contributed by atoms with van der Waals surface area (Å²) in [5, 5.41) is 2.73. The third-order valence-corrected chi connectivity index (χ3v) is 5.71. The Balaban J connectivity index is 1.77. The van der Waals surface area contributed by atoms with Gasteiger partial charge in [-0.1, -0.05) is 26.0 Å². The van der Waals surface area contributed by atoms with E-state index in [9.17, 15) is 17.6 Å². The molecular weight excluding hydrogens is 407 g/mol. The molecule has 0 spiro atoms. The minimum atomic E-state index is -3.45. The lowest BCUT2D eigenvalue weighted by Gasteiger charge is -2.23. The molecule has 8 heteroatoms. The van der Waals surface area contributed by atoms with E-state index in [0.717, 1.165) is 11.8 Å². The van der Waals surface area contributed by atoms with Gasteiger partial charge < -0.3 is 10.1 Å². The Bertz CT molecular complexity index is 913. The summed E-state index contributed by atoms with van der Waals surface area (Å²) in [4.78, 5) is 12.0. The van der Waals surface area contributed by atoms with Crippen molar-refractivity contribution in [1.82, 2.24) is 5.32 Å². The van der Waals surface area contributed by atoms with Crippen molar-refractivity contribution < 1.29 is 22.3 Å². The van der Waals surface area contributed by atoms with Gasteiger partial charge in [-0.15, -0.1) is 0 Å². The second-order valence-corrected chi connectivity index (χ2v) is 9.24. The minimum Gasteiger partial charge on any atom is -0.492 e. The van der Waals surface area contributed by atoms with Gasteiger partial charge in [-0.2, -0.15) is 0 Å². The van der Waals surface area contributed by atoms with Gasteiger partial charge in [0.25, 0.3) is 0 Å². The van der Waals surface area contributed by atoms with E-state index in [1.165, 1.54) is 28.6 Å². The highest BCUT2D eigenvalue weighted by Gasteiger charge is 2.17. The molecule has 2 rings (SSSR count). The summed E-state index contributed by atoms with van der Waals surface area (Å²) in [6.07, 6.45) is 1.76. The SMILES string of the molecule is CC(C)c1ccc(N(CCCC(=O)NCCOc2ccc(F)cc2)S(C)(=O)=O)cc1. The first-order valence-electron chi connectivity index (χ1n) is 9.89. The Hall–Kier alpha value is -2.61. The van der Waals surface area contributed by atoms with Gasteiger partial charge in [0.15, 0.2) is 0 Å². The highest BCUT2D eigenvalue weighted by molar-refractivity contribution is 7.92. The molecule has 0 unspecified atom stereocenters. The van der Waals surface area contributed by atoms with Crippen LogP contribution in [0, 0.1) is 5.82 Å². The number of amides is 1. The van der Waals surface area contributed by atoms with Crippen molar-refractivity contribution in [2.24, 2.45) is 0 Å². The number of carbonyl (C=O) groups excluding carboxylic acids is 1. The van der Waals surface area contributed by atoms with Crippen LogP contribution >= 0.6 is 0 Å². The Labute approximate surface area is 178 Å². The summed E-state index contributed by atoms with van der Waals surface area (Å²) >= 11 is 0. The molecule has 0 aromatic heterocycles. The number of nitrogens with one attached hydrogen (secondary N) is 1. The molecule has 0 aliphatic rings. The number of anilines is 1. The fourth-order valence-electron chi connectivity index (χ4n) is 2.87. The first-order valence-corrected chi connectivity index (χ1v) is 11.7. The van der Waals surface area contributed by atoms with Gasteiger partial charge in [0, 0.05) is 13.0 Å². The molecule has 0 bridgehead atoms. The summed E-state index contributed by atoms with van der Waals surface area (Å²) in [6.45, 7) is 4.94. The Morgan fingerprint density at radius 3 is 2.30 bits per heavy atom. The number of halogens is 1. The first-order chi connectivity index (χ1) is 14.2. The highest BCUT2D eigenvalue weighted by atomic mass is 32.2. The molecule has 0 saturated heterocycles. The first kappa shape index (κ1) is 23.7. The third kappa shape index (κ3) is 7.67. The number of carbonyl (C=O) groups is 1. The van der Waals surface area contributed by atoms with Crippen LogP contribution in [-0.2, 0) is 14.8 Å². The van der Waals surface area contributed by atoms with Crippen molar-refractivity contribution in [2.45, 2.75) is 32.6 Å². The van der Waals surface area contributed by atoms with Gasteiger partial charge in [-0.25, -0.2) is 12.8 Å². The van der Waals surface area contributed by atoms with Crippen molar-refractivity contribution >= 4 is 21.6 Å². The predicted octanol–water partition coefficient (Wildman–Crippen LogP) is 3.69. The Kier molecular flexibility index (Phi) is 8.65. The number of rotatable bonds is 11. The Morgan fingerprint density at radius 1 is 1.10 bits per heavy atom. The summed E-state index contributed by atoms with van der Waals surface area (Å²) < 4.78 is 43.9. The van der Waals surface area contributed by atoms with E-state index in [4.69, 9.17) is 4.74 Å². The zero-order valence-corrected chi connectivity index (χ0v) is 18.4. The molecule has 0 saturated carbocycles. The van der Waals surface area contributed by atoms with Crippen LogP contribution in [0.1, 0.15) is 38.2 Å².